The van der Waals surface area contributed by atoms with Crippen LogP contribution in [0.2, 0.25) is 0 Å². The molecule has 0 aromatic rings. The zero-order chi connectivity index (χ0) is 10.5. The van der Waals surface area contributed by atoms with E-state index in [0.717, 1.165) is 13.0 Å². The van der Waals surface area contributed by atoms with Crippen LogP contribution in [-0.2, 0) is 4.79 Å². The van der Waals surface area contributed by atoms with Crippen molar-refractivity contribution in [3.8, 4) is 0 Å². The van der Waals surface area contributed by atoms with Gasteiger partial charge in [-0.3, -0.25) is 4.79 Å². The third-order valence-electron chi connectivity index (χ3n) is 1.68. The molecule has 0 saturated carbocycles. The highest BCUT2D eigenvalue weighted by Gasteiger charge is 2.09. The number of hydrogen-bond acceptors (Lipinski definition) is 2. The first-order valence-electron chi connectivity index (χ1n) is 4.83. The number of amides is 1. The maximum atomic E-state index is 10.7. The molecule has 0 saturated heterocycles. The second-order valence-corrected chi connectivity index (χ2v) is 4.57. The Morgan fingerprint density at radius 3 is 2.31 bits per heavy atom. The normalized spacial score (nSPS) is 13.9. The summed E-state index contributed by atoms with van der Waals surface area (Å²) in [4.78, 5) is 10.7. The molecule has 0 aromatic heterocycles. The Kier molecular flexibility index (Phi) is 4.99. The van der Waals surface area contributed by atoms with E-state index in [1.54, 1.807) is 6.92 Å². The molecule has 1 unspecified atom stereocenters. The summed E-state index contributed by atoms with van der Waals surface area (Å²) in [5, 5.41) is 6.22. The van der Waals surface area contributed by atoms with Gasteiger partial charge in [0.2, 0.25) is 5.91 Å². The van der Waals surface area contributed by atoms with Gasteiger partial charge in [0.05, 0.1) is 0 Å². The fourth-order valence-corrected chi connectivity index (χ4v) is 1.08. The lowest BCUT2D eigenvalue weighted by Gasteiger charge is -2.22. The van der Waals surface area contributed by atoms with Crippen LogP contribution >= 0.6 is 0 Å². The number of carbonyl (C=O) groups excluding carboxylic acids is 1. The number of nitrogens with one attached hydrogen (secondary N) is 2. The highest BCUT2D eigenvalue weighted by molar-refractivity contribution is 5.73. The van der Waals surface area contributed by atoms with Gasteiger partial charge in [0.1, 0.15) is 0 Å². The van der Waals surface area contributed by atoms with Gasteiger partial charge in [-0.1, -0.05) is 0 Å². The molecule has 0 bridgehead atoms. The zero-order valence-corrected chi connectivity index (χ0v) is 9.40. The number of rotatable bonds is 4. The van der Waals surface area contributed by atoms with E-state index in [4.69, 9.17) is 0 Å². The Balaban J connectivity index is 3.48. The summed E-state index contributed by atoms with van der Waals surface area (Å²) in [6.45, 7) is 10.9. The van der Waals surface area contributed by atoms with Gasteiger partial charge in [0.15, 0.2) is 0 Å². The fourth-order valence-electron chi connectivity index (χ4n) is 1.08. The number of hydrogen-bond donors (Lipinski definition) is 2. The first-order valence-corrected chi connectivity index (χ1v) is 4.83. The summed E-state index contributed by atoms with van der Waals surface area (Å²) in [5.74, 6) is 0.0447. The molecule has 0 fully saturated rings. The van der Waals surface area contributed by atoms with E-state index in [9.17, 15) is 4.79 Å². The molecule has 3 nitrogen and oxygen atoms in total. The molecule has 78 valence electrons. The molecular formula is C10H22N2O. The van der Waals surface area contributed by atoms with Gasteiger partial charge in [0, 0.05) is 18.5 Å². The van der Waals surface area contributed by atoms with Crippen molar-refractivity contribution in [2.45, 2.75) is 52.6 Å². The van der Waals surface area contributed by atoms with Gasteiger partial charge in [-0.05, 0) is 40.7 Å². The maximum absolute atomic E-state index is 10.7. The molecule has 0 heterocycles. The van der Waals surface area contributed by atoms with E-state index in [2.05, 4.69) is 31.4 Å². The Hall–Kier alpha value is -0.570. The smallest absolute Gasteiger partial charge is 0.217 e. The molecule has 0 aliphatic rings. The lowest BCUT2D eigenvalue weighted by Crippen LogP contribution is -2.40. The third kappa shape index (κ3) is 9.34. The van der Waals surface area contributed by atoms with Crippen LogP contribution in [0.1, 0.15) is 41.0 Å². The monoisotopic (exact) mass is 186 g/mol. The lowest BCUT2D eigenvalue weighted by molar-refractivity contribution is -0.119. The van der Waals surface area contributed by atoms with Crippen LogP contribution in [0.5, 0.6) is 0 Å². The van der Waals surface area contributed by atoms with Crippen LogP contribution in [0.3, 0.4) is 0 Å². The van der Waals surface area contributed by atoms with Crippen LogP contribution < -0.4 is 10.6 Å². The van der Waals surface area contributed by atoms with Gasteiger partial charge in [-0.15, -0.1) is 0 Å². The Morgan fingerprint density at radius 2 is 1.92 bits per heavy atom. The summed E-state index contributed by atoms with van der Waals surface area (Å²) < 4.78 is 0. The molecule has 0 rings (SSSR count). The minimum absolute atomic E-state index is 0.0447. The van der Waals surface area contributed by atoms with Crippen molar-refractivity contribution in [2.24, 2.45) is 0 Å². The summed E-state index contributed by atoms with van der Waals surface area (Å²) in [7, 11) is 0. The molecular weight excluding hydrogens is 164 g/mol. The van der Waals surface area contributed by atoms with Gasteiger partial charge >= 0.3 is 0 Å². The molecule has 0 aliphatic carbocycles. The van der Waals surface area contributed by atoms with Gasteiger partial charge in [-0.2, -0.15) is 0 Å². The highest BCUT2D eigenvalue weighted by atomic mass is 16.1. The summed E-state index contributed by atoms with van der Waals surface area (Å²) in [6, 6.07) is 0.257. The average Bonchev–Trinajstić information content (AvgIpc) is 1.81. The van der Waals surface area contributed by atoms with Crippen LogP contribution in [0.25, 0.3) is 0 Å². The van der Waals surface area contributed by atoms with Crippen LogP contribution in [0, 0.1) is 0 Å². The third-order valence-corrected chi connectivity index (χ3v) is 1.68. The van der Waals surface area contributed by atoms with E-state index in [-0.39, 0.29) is 17.5 Å². The molecule has 2 N–H and O–H groups in total. The van der Waals surface area contributed by atoms with E-state index >= 15 is 0 Å². The van der Waals surface area contributed by atoms with E-state index in [0.29, 0.717) is 0 Å². The molecule has 0 spiro atoms. The van der Waals surface area contributed by atoms with Crippen molar-refractivity contribution in [1.82, 2.24) is 10.6 Å². The van der Waals surface area contributed by atoms with Crippen LogP contribution in [-0.4, -0.2) is 24.0 Å². The first kappa shape index (κ1) is 12.4. The van der Waals surface area contributed by atoms with E-state index < -0.39 is 0 Å². The minimum atomic E-state index is 0.0447. The van der Waals surface area contributed by atoms with E-state index in [1.165, 1.54) is 0 Å². The van der Waals surface area contributed by atoms with Crippen molar-refractivity contribution in [2.75, 3.05) is 6.54 Å². The van der Waals surface area contributed by atoms with Gasteiger partial charge in [0.25, 0.3) is 0 Å². The zero-order valence-electron chi connectivity index (χ0n) is 9.40. The number of carbonyl (C=O) groups is 1. The molecule has 0 radical (unpaired) electrons. The van der Waals surface area contributed by atoms with Crippen LogP contribution in [0.15, 0.2) is 0 Å². The summed E-state index contributed by atoms with van der Waals surface area (Å²) in [5.41, 5.74) is 0.163. The van der Waals surface area contributed by atoms with Crippen molar-refractivity contribution in [3.63, 3.8) is 0 Å². The second kappa shape index (κ2) is 5.22. The minimum Gasteiger partial charge on any atom is -0.354 e. The summed E-state index contributed by atoms with van der Waals surface area (Å²) >= 11 is 0. The average molecular weight is 186 g/mol. The van der Waals surface area contributed by atoms with E-state index in [1.807, 2.05) is 6.92 Å². The van der Waals surface area contributed by atoms with Crippen LogP contribution in [0.4, 0.5) is 0 Å². The lowest BCUT2D eigenvalue weighted by atomic mass is 10.1. The van der Waals surface area contributed by atoms with Crippen molar-refractivity contribution in [1.29, 1.82) is 0 Å². The largest absolute Gasteiger partial charge is 0.354 e. The maximum Gasteiger partial charge on any atom is 0.217 e. The SMILES string of the molecule is CC(=O)NC(C)CCNC(C)(C)C. The standard InChI is InChI=1S/C10H22N2O/c1-8(12-9(2)13)6-7-11-10(3,4)5/h8,11H,6-7H2,1-5H3,(H,12,13). The molecule has 0 aromatic carbocycles. The van der Waals surface area contributed by atoms with Gasteiger partial charge < -0.3 is 10.6 Å². The van der Waals surface area contributed by atoms with Crippen molar-refractivity contribution >= 4 is 5.91 Å². The molecule has 1 atom stereocenters. The first-order chi connectivity index (χ1) is 5.81. The second-order valence-electron chi connectivity index (χ2n) is 4.57. The Labute approximate surface area is 81.3 Å². The summed E-state index contributed by atoms with van der Waals surface area (Å²) in [6.07, 6.45) is 0.969. The van der Waals surface area contributed by atoms with Crippen molar-refractivity contribution < 1.29 is 4.79 Å². The molecule has 13 heavy (non-hydrogen) atoms. The topological polar surface area (TPSA) is 41.1 Å². The molecule has 1 amide bonds. The molecule has 0 aliphatic heterocycles. The predicted octanol–water partition coefficient (Wildman–Crippen LogP) is 1.29. The fraction of sp³-hybridized carbons (Fsp3) is 0.900. The molecule has 3 heteroatoms. The highest BCUT2D eigenvalue weighted by Crippen LogP contribution is 1.99. The van der Waals surface area contributed by atoms with Crippen molar-refractivity contribution in [3.05, 3.63) is 0 Å². The Bertz CT molecular complexity index is 161. The Morgan fingerprint density at radius 1 is 1.38 bits per heavy atom. The predicted molar refractivity (Wildman–Crippen MR) is 55.7 cm³/mol. The van der Waals surface area contributed by atoms with Gasteiger partial charge in [-0.25, -0.2) is 0 Å². The quantitative estimate of drug-likeness (QED) is 0.694.